The van der Waals surface area contributed by atoms with Crippen molar-refractivity contribution >= 4 is 37.3 Å². The van der Waals surface area contributed by atoms with Gasteiger partial charge < -0.3 is 9.64 Å². The van der Waals surface area contributed by atoms with Crippen LogP contribution in [0.3, 0.4) is 0 Å². The number of rotatable bonds is 12. The minimum Gasteiger partial charge on any atom is -0.496 e. The second-order valence-electron chi connectivity index (χ2n) is 13.7. The molecule has 9 nitrogen and oxygen atoms in total. The van der Waals surface area contributed by atoms with Gasteiger partial charge in [0.2, 0.25) is 5.69 Å². The third-order valence-corrected chi connectivity index (χ3v) is 11.3. The maximum Gasteiger partial charge on any atom is 0.265 e. The molecule has 48 heavy (non-hydrogen) atoms. The Labute approximate surface area is 285 Å². The van der Waals surface area contributed by atoms with E-state index in [0.29, 0.717) is 25.9 Å². The Morgan fingerprint density at radius 3 is 2.17 bits per heavy atom. The smallest absolute Gasteiger partial charge is 0.265 e. The van der Waals surface area contributed by atoms with Crippen molar-refractivity contribution in [2.45, 2.75) is 70.6 Å². The van der Waals surface area contributed by atoms with Crippen molar-refractivity contribution in [3.05, 3.63) is 107 Å². The standard InChI is InChI=1S/C37H46N2O7S2/c1-36(2)29-15-6-8-17-31(29)38(23-11-25-47(40,41)42)33(36)21-19-27-13-10-14-28(35(27)46-5)20-22-34-37(3,4)30-16-7-9-18-32(30)39(34)24-12-26-48(43,44)45/h6-9,15-22H,10-14,23-26H2,1-5H3,(H-,40,41,42,43,44,45)/p+1. The molecular weight excluding hydrogens is 649 g/mol. The van der Waals surface area contributed by atoms with Gasteiger partial charge in [0.15, 0.2) is 5.71 Å². The Morgan fingerprint density at radius 2 is 1.48 bits per heavy atom. The van der Waals surface area contributed by atoms with Gasteiger partial charge in [-0.15, -0.1) is 0 Å². The molecule has 258 valence electrons. The van der Waals surface area contributed by atoms with E-state index in [1.165, 1.54) is 0 Å². The summed E-state index contributed by atoms with van der Waals surface area (Å²) in [5.41, 5.74) is 8.00. The molecular formula is C37H47N2O7S2+. The van der Waals surface area contributed by atoms with Crippen LogP contribution in [0.1, 0.15) is 70.9 Å². The maximum atomic E-state index is 11.5. The van der Waals surface area contributed by atoms with E-state index in [9.17, 15) is 25.9 Å². The summed E-state index contributed by atoms with van der Waals surface area (Å²) in [5, 5.41) is 0. The lowest BCUT2D eigenvalue weighted by atomic mass is 9.81. The molecule has 2 N–H and O–H groups in total. The Kier molecular flexibility index (Phi) is 10.3. The molecule has 0 radical (unpaired) electrons. The monoisotopic (exact) mass is 695 g/mol. The lowest BCUT2D eigenvalue weighted by Gasteiger charge is -2.27. The number of ether oxygens (including phenoxy) is 1. The van der Waals surface area contributed by atoms with Crippen LogP contribution in [0.15, 0.2) is 95.4 Å². The zero-order valence-corrected chi connectivity index (χ0v) is 30.1. The highest BCUT2D eigenvalue weighted by Gasteiger charge is 2.44. The summed E-state index contributed by atoms with van der Waals surface area (Å²) < 4.78 is 72.8. The molecule has 0 amide bonds. The van der Waals surface area contributed by atoms with Gasteiger partial charge >= 0.3 is 0 Å². The van der Waals surface area contributed by atoms with Crippen LogP contribution in [0.4, 0.5) is 11.4 Å². The fourth-order valence-electron chi connectivity index (χ4n) is 7.42. The van der Waals surface area contributed by atoms with E-state index >= 15 is 0 Å². The summed E-state index contributed by atoms with van der Waals surface area (Å²) in [5.74, 6) is 0.226. The van der Waals surface area contributed by atoms with E-state index in [0.717, 1.165) is 70.1 Å². The van der Waals surface area contributed by atoms with Gasteiger partial charge in [-0.1, -0.05) is 56.3 Å². The number of benzene rings is 2. The van der Waals surface area contributed by atoms with E-state index < -0.39 is 20.2 Å². The minimum atomic E-state index is -4.06. The topological polar surface area (TPSA) is 124 Å². The molecule has 11 heteroatoms. The van der Waals surface area contributed by atoms with Crippen LogP contribution in [-0.2, 0) is 35.8 Å². The van der Waals surface area contributed by atoms with Crippen molar-refractivity contribution in [3.63, 3.8) is 0 Å². The molecule has 0 unspecified atom stereocenters. The quantitative estimate of drug-likeness (QED) is 0.182. The van der Waals surface area contributed by atoms with E-state index in [2.05, 4.69) is 85.7 Å². The third kappa shape index (κ3) is 7.54. The van der Waals surface area contributed by atoms with E-state index in [1.54, 1.807) is 7.11 Å². The van der Waals surface area contributed by atoms with Crippen molar-refractivity contribution in [1.29, 1.82) is 0 Å². The molecule has 2 aliphatic heterocycles. The van der Waals surface area contributed by atoms with Crippen molar-refractivity contribution in [1.82, 2.24) is 0 Å². The molecule has 5 rings (SSSR count). The van der Waals surface area contributed by atoms with Crippen LogP contribution in [-0.4, -0.2) is 67.9 Å². The molecule has 1 aliphatic carbocycles. The number of methoxy groups -OCH3 is 1. The molecule has 0 atom stereocenters. The molecule has 2 heterocycles. The van der Waals surface area contributed by atoms with Crippen LogP contribution in [0.25, 0.3) is 0 Å². The number of hydrogen-bond donors (Lipinski definition) is 2. The molecule has 0 aromatic heterocycles. The van der Waals surface area contributed by atoms with Crippen molar-refractivity contribution in [2.75, 3.05) is 36.6 Å². The summed E-state index contributed by atoms with van der Waals surface area (Å²) in [6, 6.07) is 16.3. The molecule has 0 spiro atoms. The van der Waals surface area contributed by atoms with Crippen LogP contribution in [0.2, 0.25) is 0 Å². The Hall–Kier alpha value is -3.51. The Balaban J connectivity index is 1.50. The summed E-state index contributed by atoms with van der Waals surface area (Å²) in [6.07, 6.45) is 11.7. The van der Waals surface area contributed by atoms with Crippen LogP contribution in [0.5, 0.6) is 0 Å². The SMILES string of the molecule is COC1=C(C=CC2=[N+](CCCS(=O)(=O)O)c3ccccc3C2(C)C)CCCC1=CC=C1N(CCCS(=O)(=O)O)c2ccccc2C1(C)C. The fourth-order valence-corrected chi connectivity index (χ4v) is 8.40. The number of allylic oxidation sites excluding steroid dienone is 7. The van der Waals surface area contributed by atoms with Gasteiger partial charge in [0.25, 0.3) is 20.2 Å². The first kappa shape index (κ1) is 35.8. The predicted octanol–water partition coefficient (Wildman–Crippen LogP) is 6.87. The second-order valence-corrected chi connectivity index (χ2v) is 16.9. The van der Waals surface area contributed by atoms with E-state index in [4.69, 9.17) is 4.74 Å². The van der Waals surface area contributed by atoms with Gasteiger partial charge in [0.05, 0.1) is 24.0 Å². The lowest BCUT2D eigenvalue weighted by Crippen LogP contribution is -2.28. The summed E-state index contributed by atoms with van der Waals surface area (Å²) in [4.78, 5) is 2.16. The van der Waals surface area contributed by atoms with Crippen LogP contribution >= 0.6 is 0 Å². The van der Waals surface area contributed by atoms with Crippen molar-refractivity contribution in [3.8, 4) is 0 Å². The fraction of sp³-hybridized carbons (Fsp3) is 0.432. The summed E-state index contributed by atoms with van der Waals surface area (Å²) in [6.45, 7) is 9.58. The highest BCUT2D eigenvalue weighted by molar-refractivity contribution is 7.86. The Morgan fingerprint density at radius 1 is 0.833 bits per heavy atom. The van der Waals surface area contributed by atoms with Gasteiger partial charge in [0.1, 0.15) is 12.3 Å². The number of nitrogens with zero attached hydrogens (tertiary/aromatic N) is 2. The molecule has 0 bridgehead atoms. The zero-order valence-electron chi connectivity index (χ0n) is 28.4. The van der Waals surface area contributed by atoms with Gasteiger partial charge in [0, 0.05) is 47.5 Å². The van der Waals surface area contributed by atoms with Gasteiger partial charge in [-0.3, -0.25) is 9.11 Å². The number of para-hydroxylation sites is 2. The average Bonchev–Trinajstić information content (AvgIpc) is 3.36. The number of fused-ring (bicyclic) bond motifs is 2. The minimum absolute atomic E-state index is 0.293. The molecule has 2 aromatic rings. The molecule has 3 aliphatic rings. The van der Waals surface area contributed by atoms with Gasteiger partial charge in [-0.05, 0) is 74.5 Å². The largest absolute Gasteiger partial charge is 0.496 e. The van der Waals surface area contributed by atoms with E-state index in [-0.39, 0.29) is 22.3 Å². The molecule has 0 fully saturated rings. The summed E-state index contributed by atoms with van der Waals surface area (Å²) in [7, 11) is -6.43. The Bertz CT molecular complexity index is 1950. The predicted molar refractivity (Wildman–Crippen MR) is 191 cm³/mol. The van der Waals surface area contributed by atoms with Crippen molar-refractivity contribution < 1.29 is 35.3 Å². The first-order valence-corrected chi connectivity index (χ1v) is 19.6. The van der Waals surface area contributed by atoms with Crippen molar-refractivity contribution in [2.24, 2.45) is 0 Å². The number of anilines is 1. The molecule has 0 saturated carbocycles. The molecule has 2 aromatic carbocycles. The van der Waals surface area contributed by atoms with E-state index in [1.807, 2.05) is 24.3 Å². The highest BCUT2D eigenvalue weighted by Crippen LogP contribution is 2.48. The van der Waals surface area contributed by atoms with Gasteiger partial charge in [-0.25, -0.2) is 0 Å². The highest BCUT2D eigenvalue weighted by atomic mass is 32.2. The second kappa shape index (κ2) is 13.8. The average molecular weight is 696 g/mol. The normalized spacial score (nSPS) is 20.7. The lowest BCUT2D eigenvalue weighted by molar-refractivity contribution is -0.437. The van der Waals surface area contributed by atoms with Crippen LogP contribution < -0.4 is 4.90 Å². The number of hydrogen-bond acceptors (Lipinski definition) is 6. The first-order valence-electron chi connectivity index (χ1n) is 16.4. The van der Waals surface area contributed by atoms with Gasteiger partial charge in [-0.2, -0.15) is 21.4 Å². The zero-order chi connectivity index (χ0) is 34.9. The third-order valence-electron chi connectivity index (χ3n) is 9.73. The summed E-state index contributed by atoms with van der Waals surface area (Å²) >= 11 is 0. The van der Waals surface area contributed by atoms with Crippen LogP contribution in [0, 0.1) is 0 Å². The first-order chi connectivity index (χ1) is 22.5. The molecule has 0 saturated heterocycles. The maximum absolute atomic E-state index is 11.5.